The highest BCUT2D eigenvalue weighted by atomic mass is 32.2. The van der Waals surface area contributed by atoms with E-state index < -0.39 is 14.9 Å². The zero-order valence-electron chi connectivity index (χ0n) is 11.5. The van der Waals surface area contributed by atoms with Crippen LogP contribution in [0.4, 0.5) is 10.7 Å². The third kappa shape index (κ3) is 3.51. The molecule has 0 radical (unpaired) electrons. The summed E-state index contributed by atoms with van der Waals surface area (Å²) in [7, 11) is -2.30. The topological polar surface area (TPSA) is 116 Å². The number of ether oxygens (including phenoxy) is 1. The first kappa shape index (κ1) is 16.1. The molecule has 1 aromatic rings. The van der Waals surface area contributed by atoms with Crippen molar-refractivity contribution in [2.75, 3.05) is 32.5 Å². The average Bonchev–Trinajstić information content (AvgIpc) is 2.82. The first-order valence-corrected chi connectivity index (χ1v) is 8.66. The van der Waals surface area contributed by atoms with E-state index in [1.54, 1.807) is 0 Å². The normalized spacial score (nSPS) is 19.8. The van der Waals surface area contributed by atoms with Crippen LogP contribution in [0, 0.1) is 16.0 Å². The van der Waals surface area contributed by atoms with Crippen molar-refractivity contribution in [1.29, 1.82) is 0 Å². The van der Waals surface area contributed by atoms with E-state index in [9.17, 15) is 18.5 Å². The van der Waals surface area contributed by atoms with Crippen LogP contribution in [0.3, 0.4) is 0 Å². The lowest BCUT2D eigenvalue weighted by atomic mass is 10.0. The molecule has 0 bridgehead atoms. The van der Waals surface area contributed by atoms with Gasteiger partial charge in [-0.05, 0) is 18.8 Å². The predicted molar refractivity (Wildman–Crippen MR) is 78.7 cm³/mol. The smallest absolute Gasteiger partial charge is 0.304 e. The standard InChI is InChI=1S/C11H17N3O5S2/c1-13(6-8-3-2-4-19-7-8)21(17,18)10-5-9(14(15)16)11(12)20-10/h5,8H,2-4,6-7,12H2,1H3. The van der Waals surface area contributed by atoms with Crippen LogP contribution in [0.5, 0.6) is 0 Å². The van der Waals surface area contributed by atoms with Crippen LogP contribution < -0.4 is 5.73 Å². The lowest BCUT2D eigenvalue weighted by Gasteiger charge is -2.26. The highest BCUT2D eigenvalue weighted by molar-refractivity contribution is 7.91. The first-order valence-electron chi connectivity index (χ1n) is 6.40. The fourth-order valence-corrected chi connectivity index (χ4v) is 4.88. The molecule has 1 aromatic heterocycles. The van der Waals surface area contributed by atoms with E-state index in [0.29, 0.717) is 31.1 Å². The zero-order chi connectivity index (χ0) is 15.6. The number of rotatable bonds is 5. The Morgan fingerprint density at radius 1 is 1.62 bits per heavy atom. The summed E-state index contributed by atoms with van der Waals surface area (Å²) in [6.45, 7) is 1.57. The Balaban J connectivity index is 2.16. The number of hydrogen-bond donors (Lipinski definition) is 1. The van der Waals surface area contributed by atoms with Gasteiger partial charge in [0.1, 0.15) is 4.21 Å². The highest BCUT2D eigenvalue weighted by Gasteiger charge is 2.30. The Hall–Kier alpha value is -1.23. The minimum Gasteiger partial charge on any atom is -0.385 e. The molecule has 1 saturated heterocycles. The molecule has 1 aliphatic heterocycles. The van der Waals surface area contributed by atoms with Gasteiger partial charge in [0, 0.05) is 26.3 Å². The number of nitrogens with zero attached hydrogens (tertiary/aromatic N) is 2. The van der Waals surface area contributed by atoms with E-state index >= 15 is 0 Å². The van der Waals surface area contributed by atoms with Crippen LogP contribution in [-0.2, 0) is 14.8 Å². The second-order valence-electron chi connectivity index (χ2n) is 4.94. The second-order valence-corrected chi connectivity index (χ2v) is 8.30. The lowest BCUT2D eigenvalue weighted by molar-refractivity contribution is -0.383. The molecule has 1 atom stereocenters. The molecule has 118 valence electrons. The summed E-state index contributed by atoms with van der Waals surface area (Å²) >= 11 is 0.715. The van der Waals surface area contributed by atoms with Crippen LogP contribution in [0.25, 0.3) is 0 Å². The van der Waals surface area contributed by atoms with Crippen LogP contribution in [0.15, 0.2) is 10.3 Å². The second kappa shape index (κ2) is 6.26. The van der Waals surface area contributed by atoms with E-state index in [4.69, 9.17) is 10.5 Å². The van der Waals surface area contributed by atoms with Gasteiger partial charge in [-0.3, -0.25) is 10.1 Å². The van der Waals surface area contributed by atoms with E-state index in [1.807, 2.05) is 0 Å². The minimum absolute atomic E-state index is 0.104. The Morgan fingerprint density at radius 3 is 2.86 bits per heavy atom. The monoisotopic (exact) mass is 335 g/mol. The van der Waals surface area contributed by atoms with Gasteiger partial charge in [-0.25, -0.2) is 8.42 Å². The van der Waals surface area contributed by atoms with Gasteiger partial charge in [-0.15, -0.1) is 0 Å². The number of nitrogens with two attached hydrogens (primary N) is 1. The maximum absolute atomic E-state index is 12.4. The summed E-state index contributed by atoms with van der Waals surface area (Å²) in [6.07, 6.45) is 1.82. The van der Waals surface area contributed by atoms with Gasteiger partial charge in [0.05, 0.1) is 11.5 Å². The average molecular weight is 335 g/mol. The number of thiophene rings is 1. The van der Waals surface area contributed by atoms with Gasteiger partial charge < -0.3 is 10.5 Å². The highest BCUT2D eigenvalue weighted by Crippen LogP contribution is 2.35. The van der Waals surface area contributed by atoms with Crippen molar-refractivity contribution in [1.82, 2.24) is 4.31 Å². The molecule has 1 aliphatic rings. The van der Waals surface area contributed by atoms with Crippen molar-refractivity contribution in [3.63, 3.8) is 0 Å². The molecule has 21 heavy (non-hydrogen) atoms. The van der Waals surface area contributed by atoms with E-state index in [2.05, 4.69) is 0 Å². The van der Waals surface area contributed by atoms with E-state index in [-0.39, 0.29) is 20.8 Å². The molecule has 10 heteroatoms. The van der Waals surface area contributed by atoms with Crippen molar-refractivity contribution in [2.45, 2.75) is 17.1 Å². The van der Waals surface area contributed by atoms with Crippen LogP contribution in [0.1, 0.15) is 12.8 Å². The van der Waals surface area contributed by atoms with Crippen molar-refractivity contribution in [3.05, 3.63) is 16.2 Å². The molecule has 0 saturated carbocycles. The largest absolute Gasteiger partial charge is 0.385 e. The summed E-state index contributed by atoms with van der Waals surface area (Å²) in [6, 6.07) is 1.02. The number of anilines is 1. The van der Waals surface area contributed by atoms with Crippen molar-refractivity contribution < 1.29 is 18.1 Å². The van der Waals surface area contributed by atoms with Gasteiger partial charge >= 0.3 is 5.69 Å². The van der Waals surface area contributed by atoms with Gasteiger partial charge in [-0.2, -0.15) is 4.31 Å². The predicted octanol–water partition coefficient (Wildman–Crippen LogP) is 1.29. The number of nitrogen functional groups attached to an aromatic ring is 1. The molecular weight excluding hydrogens is 318 g/mol. The van der Waals surface area contributed by atoms with Gasteiger partial charge in [0.25, 0.3) is 10.0 Å². The van der Waals surface area contributed by atoms with Crippen LogP contribution >= 0.6 is 11.3 Å². The Labute approximate surface area is 126 Å². The molecule has 0 amide bonds. The molecule has 1 unspecified atom stereocenters. The quantitative estimate of drug-likeness (QED) is 0.640. The van der Waals surface area contributed by atoms with Crippen LogP contribution in [0.2, 0.25) is 0 Å². The molecule has 2 heterocycles. The summed E-state index contributed by atoms with van der Waals surface area (Å²) in [5.74, 6) is 0.144. The van der Waals surface area contributed by atoms with Gasteiger partial charge in [0.2, 0.25) is 0 Å². The lowest BCUT2D eigenvalue weighted by Crippen LogP contribution is -2.34. The Bertz CT molecular complexity index is 622. The minimum atomic E-state index is -3.76. The SMILES string of the molecule is CN(CC1CCCOC1)S(=O)(=O)c1cc([N+](=O)[O-])c(N)s1. The van der Waals surface area contributed by atoms with Crippen molar-refractivity contribution in [2.24, 2.45) is 5.92 Å². The molecule has 2 N–H and O–H groups in total. The van der Waals surface area contributed by atoms with E-state index in [0.717, 1.165) is 18.9 Å². The Morgan fingerprint density at radius 2 is 2.33 bits per heavy atom. The third-order valence-corrected chi connectivity index (χ3v) is 6.57. The fraction of sp³-hybridized carbons (Fsp3) is 0.636. The molecule has 0 spiro atoms. The van der Waals surface area contributed by atoms with Gasteiger partial charge in [0.15, 0.2) is 5.00 Å². The molecule has 8 nitrogen and oxygen atoms in total. The maximum Gasteiger partial charge on any atom is 0.304 e. The van der Waals surface area contributed by atoms with Crippen molar-refractivity contribution in [3.8, 4) is 0 Å². The van der Waals surface area contributed by atoms with E-state index in [1.165, 1.54) is 11.4 Å². The summed E-state index contributed by atoms with van der Waals surface area (Å²) in [5, 5.41) is 10.7. The molecule has 0 aromatic carbocycles. The first-order chi connectivity index (χ1) is 9.82. The fourth-order valence-electron chi connectivity index (χ4n) is 2.21. The van der Waals surface area contributed by atoms with Gasteiger partial charge in [-0.1, -0.05) is 11.3 Å². The number of nitro groups is 1. The van der Waals surface area contributed by atoms with Crippen LogP contribution in [-0.4, -0.2) is 44.5 Å². The van der Waals surface area contributed by atoms with Crippen molar-refractivity contribution >= 4 is 32.0 Å². The summed E-state index contributed by atoms with van der Waals surface area (Å²) in [4.78, 5) is 10.1. The maximum atomic E-state index is 12.4. The number of sulfonamides is 1. The molecule has 0 aliphatic carbocycles. The summed E-state index contributed by atoms with van der Waals surface area (Å²) < 4.78 is 31.3. The zero-order valence-corrected chi connectivity index (χ0v) is 13.2. The number of hydrogen-bond acceptors (Lipinski definition) is 7. The molecule has 1 fully saturated rings. The third-order valence-electron chi connectivity index (χ3n) is 3.35. The Kier molecular flexibility index (Phi) is 4.81. The molecule has 2 rings (SSSR count). The molecular formula is C11H17N3O5S2. The summed E-state index contributed by atoms with van der Waals surface area (Å²) in [5.41, 5.74) is 5.13.